The highest BCUT2D eigenvalue weighted by Gasteiger charge is 2.31. The first kappa shape index (κ1) is 12.7. The van der Waals surface area contributed by atoms with Gasteiger partial charge in [-0.2, -0.15) is 0 Å². The molecular formula is C11H18N2O3. The van der Waals surface area contributed by atoms with Crippen LogP contribution in [-0.2, 0) is 14.3 Å². The summed E-state index contributed by atoms with van der Waals surface area (Å²) in [4.78, 5) is 27.2. The van der Waals surface area contributed by atoms with Crippen molar-refractivity contribution >= 4 is 17.7 Å². The molecule has 1 atom stereocenters. The molecule has 0 spiro atoms. The van der Waals surface area contributed by atoms with Crippen LogP contribution in [-0.4, -0.2) is 30.9 Å². The fourth-order valence-corrected chi connectivity index (χ4v) is 1.46. The van der Waals surface area contributed by atoms with Crippen molar-refractivity contribution in [3.63, 3.8) is 0 Å². The normalized spacial score (nSPS) is 20.0. The van der Waals surface area contributed by atoms with Gasteiger partial charge in [-0.15, -0.1) is 0 Å². The van der Waals surface area contributed by atoms with E-state index in [2.05, 4.69) is 17.2 Å². The second-order valence-electron chi connectivity index (χ2n) is 3.68. The van der Waals surface area contributed by atoms with Crippen LogP contribution >= 0.6 is 0 Å². The Labute approximate surface area is 95.3 Å². The number of esters is 1. The number of aliphatic imine (C=N–C) groups is 1. The Morgan fingerprint density at radius 3 is 2.88 bits per heavy atom. The van der Waals surface area contributed by atoms with Crippen molar-refractivity contribution in [1.82, 2.24) is 5.32 Å². The number of unbranched alkanes of at least 4 members (excludes halogenated alkanes) is 1. The second-order valence-corrected chi connectivity index (χ2v) is 3.68. The minimum Gasteiger partial charge on any atom is -0.465 e. The summed E-state index contributed by atoms with van der Waals surface area (Å²) in [5, 5.41) is 2.65. The second kappa shape index (κ2) is 6.25. The quantitative estimate of drug-likeness (QED) is 0.559. The van der Waals surface area contributed by atoms with Gasteiger partial charge in [-0.25, -0.2) is 0 Å². The molecule has 0 radical (unpaired) electrons. The molecule has 0 saturated carbocycles. The molecule has 0 bridgehead atoms. The van der Waals surface area contributed by atoms with Crippen LogP contribution in [0, 0.1) is 5.92 Å². The molecule has 5 nitrogen and oxygen atoms in total. The molecule has 16 heavy (non-hydrogen) atoms. The molecule has 5 heteroatoms. The largest absolute Gasteiger partial charge is 0.465 e. The van der Waals surface area contributed by atoms with E-state index in [0.717, 1.165) is 19.3 Å². The Balaban J connectivity index is 2.52. The first-order chi connectivity index (χ1) is 7.69. The maximum atomic E-state index is 11.6. The summed E-state index contributed by atoms with van der Waals surface area (Å²) in [6, 6.07) is 0. The lowest BCUT2D eigenvalue weighted by molar-refractivity contribution is -0.151. The van der Waals surface area contributed by atoms with Crippen molar-refractivity contribution in [3.8, 4) is 0 Å². The third-order valence-corrected chi connectivity index (χ3v) is 2.39. The lowest BCUT2D eigenvalue weighted by Crippen LogP contribution is -2.45. The average molecular weight is 226 g/mol. The highest BCUT2D eigenvalue weighted by atomic mass is 16.5. The van der Waals surface area contributed by atoms with Gasteiger partial charge in [0.2, 0.25) is 5.91 Å². The smallest absolute Gasteiger partial charge is 0.320 e. The van der Waals surface area contributed by atoms with Gasteiger partial charge in [-0.3, -0.25) is 14.6 Å². The predicted molar refractivity (Wildman–Crippen MR) is 60.1 cm³/mol. The summed E-state index contributed by atoms with van der Waals surface area (Å²) in [5.74, 6) is -0.865. The fraction of sp³-hybridized carbons (Fsp3) is 0.727. The zero-order chi connectivity index (χ0) is 12.0. The van der Waals surface area contributed by atoms with Gasteiger partial charge in [0.05, 0.1) is 13.2 Å². The van der Waals surface area contributed by atoms with Crippen LogP contribution in [0.25, 0.3) is 0 Å². The molecule has 1 aliphatic rings. The lowest BCUT2D eigenvalue weighted by Gasteiger charge is -2.19. The maximum absolute atomic E-state index is 11.6. The molecule has 0 saturated heterocycles. The number of carbonyl (C=O) groups excluding carboxylic acids is 2. The van der Waals surface area contributed by atoms with Crippen LogP contribution in [0.15, 0.2) is 4.99 Å². The molecule has 0 aromatic heterocycles. The molecule has 1 N–H and O–H groups in total. The topological polar surface area (TPSA) is 67.8 Å². The average Bonchev–Trinajstić information content (AvgIpc) is 2.26. The molecule has 0 fully saturated rings. The van der Waals surface area contributed by atoms with Crippen LogP contribution < -0.4 is 5.32 Å². The zero-order valence-electron chi connectivity index (χ0n) is 9.78. The minimum absolute atomic E-state index is 0.212. The molecule has 0 aliphatic carbocycles. The Hall–Kier alpha value is -1.39. The number of amidine groups is 1. The maximum Gasteiger partial charge on any atom is 0.320 e. The summed E-state index contributed by atoms with van der Waals surface area (Å²) in [7, 11) is 0. The Morgan fingerprint density at radius 2 is 2.31 bits per heavy atom. The first-order valence-electron chi connectivity index (χ1n) is 5.69. The van der Waals surface area contributed by atoms with Crippen molar-refractivity contribution in [1.29, 1.82) is 0 Å². The van der Waals surface area contributed by atoms with Crippen LogP contribution in [0.3, 0.4) is 0 Å². The molecular weight excluding hydrogens is 208 g/mol. The first-order valence-corrected chi connectivity index (χ1v) is 5.69. The van der Waals surface area contributed by atoms with E-state index in [1.165, 1.54) is 0 Å². The third-order valence-electron chi connectivity index (χ3n) is 2.39. The van der Waals surface area contributed by atoms with Gasteiger partial charge in [0.1, 0.15) is 5.84 Å². The molecule has 0 aromatic carbocycles. The highest BCUT2D eigenvalue weighted by Crippen LogP contribution is 2.08. The molecule has 1 rings (SSSR count). The van der Waals surface area contributed by atoms with E-state index in [1.807, 2.05) is 0 Å². The molecule has 1 heterocycles. The standard InChI is InChI=1S/C11H18N2O3/c1-3-5-6-9-12-7-8(10(14)13-9)11(15)16-4-2/h8H,3-7H2,1-2H3,(H,12,13,14). The van der Waals surface area contributed by atoms with Gasteiger partial charge < -0.3 is 10.1 Å². The van der Waals surface area contributed by atoms with Gasteiger partial charge in [-0.05, 0) is 13.3 Å². The van der Waals surface area contributed by atoms with E-state index < -0.39 is 11.9 Å². The lowest BCUT2D eigenvalue weighted by atomic mass is 10.1. The van der Waals surface area contributed by atoms with E-state index in [4.69, 9.17) is 4.74 Å². The number of nitrogens with zero attached hydrogens (tertiary/aromatic N) is 1. The van der Waals surface area contributed by atoms with E-state index in [1.54, 1.807) is 6.92 Å². The van der Waals surface area contributed by atoms with Gasteiger partial charge in [-0.1, -0.05) is 13.3 Å². The van der Waals surface area contributed by atoms with Crippen molar-refractivity contribution in [2.45, 2.75) is 33.1 Å². The van der Waals surface area contributed by atoms with Gasteiger partial charge in [0, 0.05) is 6.42 Å². The number of hydrogen-bond acceptors (Lipinski definition) is 4. The van der Waals surface area contributed by atoms with Crippen LogP contribution in [0.5, 0.6) is 0 Å². The van der Waals surface area contributed by atoms with Crippen molar-refractivity contribution in [2.75, 3.05) is 13.2 Å². The number of ether oxygens (including phenoxy) is 1. The van der Waals surface area contributed by atoms with Crippen LogP contribution in [0.4, 0.5) is 0 Å². The summed E-state index contributed by atoms with van der Waals surface area (Å²) >= 11 is 0. The summed E-state index contributed by atoms with van der Waals surface area (Å²) < 4.78 is 4.80. The van der Waals surface area contributed by atoms with Crippen LogP contribution in [0.2, 0.25) is 0 Å². The number of nitrogens with one attached hydrogen (secondary N) is 1. The summed E-state index contributed by atoms with van der Waals surface area (Å²) in [6.45, 7) is 4.29. The van der Waals surface area contributed by atoms with Crippen molar-refractivity contribution in [3.05, 3.63) is 0 Å². The molecule has 1 aliphatic heterocycles. The monoisotopic (exact) mass is 226 g/mol. The van der Waals surface area contributed by atoms with Gasteiger partial charge >= 0.3 is 5.97 Å². The molecule has 1 amide bonds. The van der Waals surface area contributed by atoms with Gasteiger partial charge in [0.25, 0.3) is 0 Å². The Kier molecular flexibility index (Phi) is 4.95. The minimum atomic E-state index is -0.773. The number of carbonyl (C=O) groups is 2. The number of hydrogen-bond donors (Lipinski definition) is 1. The third kappa shape index (κ3) is 3.32. The fourth-order valence-electron chi connectivity index (χ4n) is 1.46. The summed E-state index contributed by atoms with van der Waals surface area (Å²) in [5.41, 5.74) is 0. The Morgan fingerprint density at radius 1 is 1.56 bits per heavy atom. The molecule has 0 aromatic rings. The number of rotatable bonds is 5. The van der Waals surface area contributed by atoms with E-state index in [0.29, 0.717) is 5.84 Å². The van der Waals surface area contributed by atoms with Crippen LogP contribution in [0.1, 0.15) is 33.1 Å². The highest BCUT2D eigenvalue weighted by molar-refractivity contribution is 6.08. The Bertz CT molecular complexity index is 300. The van der Waals surface area contributed by atoms with E-state index in [9.17, 15) is 9.59 Å². The summed E-state index contributed by atoms with van der Waals surface area (Å²) in [6.07, 6.45) is 2.80. The molecule has 1 unspecified atom stereocenters. The van der Waals surface area contributed by atoms with E-state index in [-0.39, 0.29) is 19.1 Å². The molecule has 90 valence electrons. The SMILES string of the molecule is CCCCC1=NCC(C(=O)OCC)C(=O)N1. The van der Waals surface area contributed by atoms with Gasteiger partial charge in [0.15, 0.2) is 5.92 Å². The predicted octanol–water partition coefficient (Wildman–Crippen LogP) is 0.884. The zero-order valence-corrected chi connectivity index (χ0v) is 9.78. The van der Waals surface area contributed by atoms with Crippen molar-refractivity contribution < 1.29 is 14.3 Å². The van der Waals surface area contributed by atoms with Crippen molar-refractivity contribution in [2.24, 2.45) is 10.9 Å². The van der Waals surface area contributed by atoms with E-state index >= 15 is 0 Å². The number of amides is 1.